The number of ether oxygens (including phenoxy) is 1. The number of halogens is 1. The van der Waals surface area contributed by atoms with Gasteiger partial charge in [-0.05, 0) is 47.2 Å². The Labute approximate surface area is 114 Å². The summed E-state index contributed by atoms with van der Waals surface area (Å²) in [6.45, 7) is 3.59. The Morgan fingerprint density at radius 3 is 3.12 bits per heavy atom. The molecule has 88 valence electrons. The minimum atomic E-state index is 0.673. The van der Waals surface area contributed by atoms with Gasteiger partial charge in [0.1, 0.15) is 0 Å². The van der Waals surface area contributed by atoms with Gasteiger partial charge in [-0.2, -0.15) is 5.10 Å². The molecule has 0 unspecified atom stereocenters. The van der Waals surface area contributed by atoms with E-state index in [1.807, 2.05) is 0 Å². The summed E-state index contributed by atoms with van der Waals surface area (Å²) in [7, 11) is 0. The van der Waals surface area contributed by atoms with Gasteiger partial charge in [0, 0.05) is 26.8 Å². The number of fused-ring (bicyclic) bond motifs is 1. The standard InChI is InChI=1S/C13H13IN2O/c1-8-6-9(14)2-3-10(8)13-11-7-17-5-4-12(11)15-16-13/h2-3,6H,4-5,7H2,1H3,(H,15,16). The van der Waals surface area contributed by atoms with E-state index < -0.39 is 0 Å². The number of benzene rings is 1. The summed E-state index contributed by atoms with van der Waals surface area (Å²) in [5.41, 5.74) is 5.96. The smallest absolute Gasteiger partial charge is 0.0981 e. The first kappa shape index (κ1) is 11.2. The quantitative estimate of drug-likeness (QED) is 0.811. The molecule has 0 fully saturated rings. The maximum absolute atomic E-state index is 5.52. The lowest BCUT2D eigenvalue weighted by atomic mass is 10.0. The molecular formula is C13H13IN2O. The molecular weight excluding hydrogens is 327 g/mol. The zero-order chi connectivity index (χ0) is 11.8. The molecule has 0 atom stereocenters. The first-order chi connectivity index (χ1) is 8.25. The molecule has 2 aromatic rings. The summed E-state index contributed by atoms with van der Waals surface area (Å²) in [6, 6.07) is 6.44. The highest BCUT2D eigenvalue weighted by atomic mass is 127. The molecule has 1 N–H and O–H groups in total. The molecule has 0 saturated heterocycles. The minimum Gasteiger partial charge on any atom is -0.376 e. The number of hydrogen-bond acceptors (Lipinski definition) is 2. The second kappa shape index (κ2) is 4.42. The summed E-state index contributed by atoms with van der Waals surface area (Å²) in [5, 5.41) is 7.59. The Morgan fingerprint density at radius 1 is 1.41 bits per heavy atom. The lowest BCUT2D eigenvalue weighted by Gasteiger charge is -2.13. The topological polar surface area (TPSA) is 37.9 Å². The zero-order valence-electron chi connectivity index (χ0n) is 9.59. The third-order valence-electron chi connectivity index (χ3n) is 3.14. The minimum absolute atomic E-state index is 0.673. The predicted molar refractivity (Wildman–Crippen MR) is 74.8 cm³/mol. The number of H-pyrrole nitrogens is 1. The molecule has 2 heterocycles. The number of rotatable bonds is 1. The van der Waals surface area contributed by atoms with Crippen LogP contribution in [0.3, 0.4) is 0 Å². The Balaban J connectivity index is 2.12. The maximum atomic E-state index is 5.52. The van der Waals surface area contributed by atoms with Crippen molar-refractivity contribution in [3.63, 3.8) is 0 Å². The van der Waals surface area contributed by atoms with Gasteiger partial charge in [-0.1, -0.05) is 6.07 Å². The van der Waals surface area contributed by atoms with Crippen molar-refractivity contribution in [1.29, 1.82) is 0 Å². The van der Waals surface area contributed by atoms with E-state index in [2.05, 4.69) is 57.9 Å². The molecule has 0 radical (unpaired) electrons. The first-order valence-electron chi connectivity index (χ1n) is 5.66. The van der Waals surface area contributed by atoms with Gasteiger partial charge < -0.3 is 4.74 Å². The highest BCUT2D eigenvalue weighted by Gasteiger charge is 2.19. The summed E-state index contributed by atoms with van der Waals surface area (Å²) in [6.07, 6.45) is 0.936. The molecule has 1 aromatic heterocycles. The molecule has 1 aromatic carbocycles. The number of nitrogens with zero attached hydrogens (tertiary/aromatic N) is 1. The fourth-order valence-corrected chi connectivity index (χ4v) is 2.87. The Bertz CT molecular complexity index is 563. The summed E-state index contributed by atoms with van der Waals surface area (Å²) < 4.78 is 6.77. The summed E-state index contributed by atoms with van der Waals surface area (Å²) >= 11 is 2.33. The monoisotopic (exact) mass is 340 g/mol. The molecule has 0 spiro atoms. The molecule has 3 rings (SSSR count). The van der Waals surface area contributed by atoms with E-state index >= 15 is 0 Å². The van der Waals surface area contributed by atoms with Gasteiger partial charge in [0.15, 0.2) is 0 Å². The Morgan fingerprint density at radius 2 is 2.29 bits per heavy atom. The van der Waals surface area contributed by atoms with Gasteiger partial charge in [0.25, 0.3) is 0 Å². The molecule has 1 aliphatic rings. The average Bonchev–Trinajstić information content (AvgIpc) is 2.73. The van der Waals surface area contributed by atoms with Crippen LogP contribution in [0.15, 0.2) is 18.2 Å². The van der Waals surface area contributed by atoms with Crippen LogP contribution in [0.1, 0.15) is 16.8 Å². The number of nitrogens with one attached hydrogen (secondary N) is 1. The van der Waals surface area contributed by atoms with Crippen molar-refractivity contribution in [2.75, 3.05) is 6.61 Å². The third kappa shape index (κ3) is 1.99. The largest absolute Gasteiger partial charge is 0.376 e. The fraction of sp³-hybridized carbons (Fsp3) is 0.308. The molecule has 1 aliphatic heterocycles. The SMILES string of the molecule is Cc1cc(I)ccc1-c1n[nH]c2c1COCC2. The molecule has 0 bridgehead atoms. The first-order valence-corrected chi connectivity index (χ1v) is 6.74. The van der Waals surface area contributed by atoms with Crippen molar-refractivity contribution in [3.8, 4) is 11.3 Å². The van der Waals surface area contributed by atoms with Gasteiger partial charge in [-0.3, -0.25) is 5.10 Å². The number of aromatic amines is 1. The molecule has 0 saturated carbocycles. The Kier molecular flexibility index (Phi) is 2.92. The number of aryl methyl sites for hydroxylation is 1. The van der Waals surface area contributed by atoms with Crippen molar-refractivity contribution in [2.24, 2.45) is 0 Å². The van der Waals surface area contributed by atoms with E-state index in [1.54, 1.807) is 0 Å². The van der Waals surface area contributed by atoms with E-state index in [-0.39, 0.29) is 0 Å². The van der Waals surface area contributed by atoms with Gasteiger partial charge in [-0.15, -0.1) is 0 Å². The van der Waals surface area contributed by atoms with E-state index in [9.17, 15) is 0 Å². The highest BCUT2D eigenvalue weighted by molar-refractivity contribution is 14.1. The average molecular weight is 340 g/mol. The van der Waals surface area contributed by atoms with Crippen molar-refractivity contribution in [1.82, 2.24) is 10.2 Å². The van der Waals surface area contributed by atoms with Crippen molar-refractivity contribution < 1.29 is 4.74 Å². The van der Waals surface area contributed by atoms with Gasteiger partial charge in [0.05, 0.1) is 18.9 Å². The fourth-order valence-electron chi connectivity index (χ4n) is 2.23. The highest BCUT2D eigenvalue weighted by Crippen LogP contribution is 2.30. The summed E-state index contributed by atoms with van der Waals surface area (Å²) in [4.78, 5) is 0. The molecule has 0 amide bonds. The molecule has 4 heteroatoms. The van der Waals surface area contributed by atoms with E-state index in [4.69, 9.17) is 4.74 Å². The lowest BCUT2D eigenvalue weighted by Crippen LogP contribution is -2.09. The van der Waals surface area contributed by atoms with E-state index in [0.29, 0.717) is 6.61 Å². The normalized spacial score (nSPS) is 14.7. The molecule has 3 nitrogen and oxygen atoms in total. The van der Waals surface area contributed by atoms with Crippen LogP contribution in [0.4, 0.5) is 0 Å². The second-order valence-electron chi connectivity index (χ2n) is 4.29. The van der Waals surface area contributed by atoms with E-state index in [0.717, 1.165) is 18.7 Å². The van der Waals surface area contributed by atoms with Crippen molar-refractivity contribution in [2.45, 2.75) is 20.0 Å². The molecule has 17 heavy (non-hydrogen) atoms. The zero-order valence-corrected chi connectivity index (χ0v) is 11.7. The lowest BCUT2D eigenvalue weighted by molar-refractivity contribution is 0.110. The van der Waals surface area contributed by atoms with Gasteiger partial charge in [0.2, 0.25) is 0 Å². The van der Waals surface area contributed by atoms with Crippen LogP contribution in [0, 0.1) is 10.5 Å². The van der Waals surface area contributed by atoms with Crippen molar-refractivity contribution >= 4 is 22.6 Å². The number of hydrogen-bond donors (Lipinski definition) is 1. The number of aromatic nitrogens is 2. The van der Waals surface area contributed by atoms with Crippen molar-refractivity contribution in [3.05, 3.63) is 38.6 Å². The van der Waals surface area contributed by atoms with Crippen LogP contribution < -0.4 is 0 Å². The van der Waals surface area contributed by atoms with Crippen LogP contribution in [0.25, 0.3) is 11.3 Å². The van der Waals surface area contributed by atoms with Crippen LogP contribution in [-0.4, -0.2) is 16.8 Å². The van der Waals surface area contributed by atoms with Crippen LogP contribution >= 0.6 is 22.6 Å². The predicted octanol–water partition coefficient (Wildman–Crippen LogP) is 3.06. The van der Waals surface area contributed by atoms with Gasteiger partial charge in [-0.25, -0.2) is 0 Å². The Hall–Kier alpha value is -0.880. The van der Waals surface area contributed by atoms with Gasteiger partial charge >= 0.3 is 0 Å². The second-order valence-corrected chi connectivity index (χ2v) is 5.54. The summed E-state index contributed by atoms with van der Waals surface area (Å²) in [5.74, 6) is 0. The molecule has 0 aliphatic carbocycles. The van der Waals surface area contributed by atoms with E-state index in [1.165, 1.54) is 26.0 Å². The third-order valence-corrected chi connectivity index (χ3v) is 3.81. The van der Waals surface area contributed by atoms with Crippen LogP contribution in [0.2, 0.25) is 0 Å². The van der Waals surface area contributed by atoms with Crippen LogP contribution in [0.5, 0.6) is 0 Å². The maximum Gasteiger partial charge on any atom is 0.0981 e. The van der Waals surface area contributed by atoms with Crippen LogP contribution in [-0.2, 0) is 17.8 Å².